The predicted octanol–water partition coefficient (Wildman–Crippen LogP) is 2.69. The summed E-state index contributed by atoms with van der Waals surface area (Å²) in [6.07, 6.45) is 7.69. The van der Waals surface area contributed by atoms with Gasteiger partial charge < -0.3 is 20.5 Å². The highest BCUT2D eigenvalue weighted by Gasteiger charge is 2.27. The maximum Gasteiger partial charge on any atom is 0.157 e. The number of hydrogen-bond acceptors (Lipinski definition) is 5. The van der Waals surface area contributed by atoms with Gasteiger partial charge in [-0.3, -0.25) is 4.79 Å². The zero-order valence-electron chi connectivity index (χ0n) is 15.8. The normalized spacial score (nSPS) is 29.3. The molecule has 1 saturated carbocycles. The molecule has 0 amide bonds. The third-order valence-corrected chi connectivity index (χ3v) is 5.74. The molecule has 26 heavy (non-hydrogen) atoms. The monoisotopic (exact) mass is 360 g/mol. The van der Waals surface area contributed by atoms with Crippen molar-refractivity contribution in [2.24, 2.45) is 5.73 Å². The van der Waals surface area contributed by atoms with Crippen molar-refractivity contribution in [3.05, 3.63) is 29.3 Å². The lowest BCUT2D eigenvalue weighted by atomic mass is 9.82. The number of aldehydes is 1. The number of aryl methyl sites for hydroxylation is 1. The van der Waals surface area contributed by atoms with Crippen LogP contribution < -0.4 is 15.8 Å². The van der Waals surface area contributed by atoms with Crippen LogP contribution in [0.3, 0.4) is 0 Å². The molecule has 3 N–H and O–H groups in total. The van der Waals surface area contributed by atoms with Crippen molar-refractivity contribution in [3.8, 4) is 5.75 Å². The smallest absolute Gasteiger partial charge is 0.157 e. The SMILES string of the molecule is Cc1ccc(OCC=O)c(C2CCC(OC[C@@H]3NCCC[C@@H]3N)CC2)c1. The molecule has 2 fully saturated rings. The van der Waals surface area contributed by atoms with E-state index in [-0.39, 0.29) is 12.6 Å². The number of hydrogen-bond donors (Lipinski definition) is 2. The summed E-state index contributed by atoms with van der Waals surface area (Å²) in [5.74, 6) is 1.33. The van der Waals surface area contributed by atoms with E-state index < -0.39 is 0 Å². The Labute approximate surface area is 156 Å². The van der Waals surface area contributed by atoms with Crippen LogP contribution in [0.5, 0.6) is 5.75 Å². The van der Waals surface area contributed by atoms with Gasteiger partial charge in [-0.2, -0.15) is 0 Å². The van der Waals surface area contributed by atoms with Gasteiger partial charge in [-0.05, 0) is 69.5 Å². The predicted molar refractivity (Wildman–Crippen MR) is 103 cm³/mol. The first-order valence-electron chi connectivity index (χ1n) is 9.95. The van der Waals surface area contributed by atoms with Crippen molar-refractivity contribution in [2.75, 3.05) is 19.8 Å². The van der Waals surface area contributed by atoms with Crippen LogP contribution in [0.2, 0.25) is 0 Å². The van der Waals surface area contributed by atoms with Crippen LogP contribution in [-0.4, -0.2) is 44.2 Å². The second kappa shape index (κ2) is 9.49. The summed E-state index contributed by atoms with van der Waals surface area (Å²) in [6, 6.07) is 6.74. The highest BCUT2D eigenvalue weighted by molar-refractivity contribution is 5.52. The molecule has 1 aromatic rings. The molecule has 2 aliphatic rings. The largest absolute Gasteiger partial charge is 0.486 e. The van der Waals surface area contributed by atoms with Crippen molar-refractivity contribution in [3.63, 3.8) is 0 Å². The van der Waals surface area contributed by atoms with Crippen LogP contribution in [-0.2, 0) is 9.53 Å². The number of rotatable bonds is 7. The lowest BCUT2D eigenvalue weighted by Crippen LogP contribution is -2.52. The van der Waals surface area contributed by atoms with Gasteiger partial charge in [0.1, 0.15) is 12.4 Å². The fourth-order valence-electron chi connectivity index (χ4n) is 4.18. The molecule has 5 heteroatoms. The molecule has 0 bridgehead atoms. The number of ether oxygens (including phenoxy) is 2. The summed E-state index contributed by atoms with van der Waals surface area (Å²) in [7, 11) is 0. The molecule has 0 unspecified atom stereocenters. The molecule has 1 saturated heterocycles. The van der Waals surface area contributed by atoms with Crippen LogP contribution in [0.1, 0.15) is 55.6 Å². The topological polar surface area (TPSA) is 73.6 Å². The minimum absolute atomic E-state index is 0.114. The van der Waals surface area contributed by atoms with E-state index in [1.165, 1.54) is 11.1 Å². The van der Waals surface area contributed by atoms with Gasteiger partial charge in [0.15, 0.2) is 6.29 Å². The molecular formula is C21H32N2O3. The summed E-state index contributed by atoms with van der Waals surface area (Å²) in [4.78, 5) is 10.6. The maximum absolute atomic E-state index is 10.6. The molecule has 3 rings (SSSR count). The molecule has 5 nitrogen and oxygen atoms in total. The molecule has 2 atom stereocenters. The molecule has 1 heterocycles. The number of nitrogens with one attached hydrogen (secondary N) is 1. The van der Waals surface area contributed by atoms with Gasteiger partial charge in [0.2, 0.25) is 0 Å². The second-order valence-corrected chi connectivity index (χ2v) is 7.69. The standard InChI is InChI=1S/C21H32N2O3/c1-15-4-9-21(25-12-11-24)18(13-15)16-5-7-17(8-6-16)26-14-20-19(22)3-2-10-23-20/h4,9,11,13,16-17,19-20,23H,2-3,5-8,10,12,14,22H2,1H3/t16?,17?,19-,20-/m0/s1. The molecule has 0 spiro atoms. The van der Waals surface area contributed by atoms with Gasteiger partial charge in [0.25, 0.3) is 0 Å². The van der Waals surface area contributed by atoms with Crippen molar-refractivity contribution in [2.45, 2.75) is 69.6 Å². The first kappa shape index (κ1) is 19.3. The first-order valence-corrected chi connectivity index (χ1v) is 9.95. The minimum Gasteiger partial charge on any atom is -0.486 e. The Bertz CT molecular complexity index is 585. The third kappa shape index (κ3) is 5.06. The molecule has 144 valence electrons. The van der Waals surface area contributed by atoms with Gasteiger partial charge in [0, 0.05) is 12.1 Å². The molecule has 1 aliphatic carbocycles. The van der Waals surface area contributed by atoms with Gasteiger partial charge in [-0.1, -0.05) is 17.7 Å². The number of piperidine rings is 1. The number of carbonyl (C=O) groups is 1. The van der Waals surface area contributed by atoms with Crippen LogP contribution in [0.4, 0.5) is 0 Å². The van der Waals surface area contributed by atoms with Gasteiger partial charge in [-0.25, -0.2) is 0 Å². The van der Waals surface area contributed by atoms with Crippen molar-refractivity contribution >= 4 is 6.29 Å². The number of carbonyl (C=O) groups excluding carboxylic acids is 1. The second-order valence-electron chi connectivity index (χ2n) is 7.69. The zero-order valence-corrected chi connectivity index (χ0v) is 15.8. The molecule has 1 aromatic carbocycles. The first-order chi connectivity index (χ1) is 12.7. The van der Waals surface area contributed by atoms with E-state index in [2.05, 4.69) is 18.3 Å². The molecule has 0 aromatic heterocycles. The Morgan fingerprint density at radius 1 is 1.23 bits per heavy atom. The Morgan fingerprint density at radius 2 is 2.04 bits per heavy atom. The van der Waals surface area contributed by atoms with Crippen LogP contribution in [0.15, 0.2) is 18.2 Å². The summed E-state index contributed by atoms with van der Waals surface area (Å²) in [5, 5.41) is 3.48. The summed E-state index contributed by atoms with van der Waals surface area (Å²) in [5.41, 5.74) is 8.65. The fourth-order valence-corrected chi connectivity index (χ4v) is 4.18. The highest BCUT2D eigenvalue weighted by Crippen LogP contribution is 2.38. The lowest BCUT2D eigenvalue weighted by molar-refractivity contribution is -0.109. The Morgan fingerprint density at radius 3 is 2.77 bits per heavy atom. The fraction of sp³-hybridized carbons (Fsp3) is 0.667. The average Bonchev–Trinajstić information content (AvgIpc) is 2.67. The summed E-state index contributed by atoms with van der Waals surface area (Å²) < 4.78 is 11.8. The number of benzene rings is 1. The van der Waals surface area contributed by atoms with E-state index in [0.29, 0.717) is 24.7 Å². The Hall–Kier alpha value is -1.43. The van der Waals surface area contributed by atoms with Gasteiger partial charge in [-0.15, -0.1) is 0 Å². The van der Waals surface area contributed by atoms with Crippen molar-refractivity contribution in [1.29, 1.82) is 0 Å². The van der Waals surface area contributed by atoms with Gasteiger partial charge >= 0.3 is 0 Å². The van der Waals surface area contributed by atoms with Crippen LogP contribution in [0.25, 0.3) is 0 Å². The van der Waals surface area contributed by atoms with Crippen molar-refractivity contribution in [1.82, 2.24) is 5.32 Å². The molecular weight excluding hydrogens is 328 g/mol. The quantitative estimate of drug-likeness (QED) is 0.732. The summed E-state index contributed by atoms with van der Waals surface area (Å²) >= 11 is 0. The van der Waals surface area contributed by atoms with Crippen molar-refractivity contribution < 1.29 is 14.3 Å². The van der Waals surface area contributed by atoms with E-state index >= 15 is 0 Å². The Balaban J connectivity index is 1.52. The van der Waals surface area contributed by atoms with E-state index in [0.717, 1.165) is 57.1 Å². The van der Waals surface area contributed by atoms with E-state index in [9.17, 15) is 4.79 Å². The molecule has 1 aliphatic heterocycles. The number of nitrogens with two attached hydrogens (primary N) is 1. The van der Waals surface area contributed by atoms with Crippen LogP contribution in [0, 0.1) is 6.92 Å². The van der Waals surface area contributed by atoms with E-state index in [4.69, 9.17) is 15.2 Å². The minimum atomic E-state index is 0.114. The van der Waals surface area contributed by atoms with Gasteiger partial charge in [0.05, 0.1) is 12.7 Å². The van der Waals surface area contributed by atoms with E-state index in [1.54, 1.807) is 0 Å². The average molecular weight is 360 g/mol. The third-order valence-electron chi connectivity index (χ3n) is 5.74. The zero-order chi connectivity index (χ0) is 18.4. The highest BCUT2D eigenvalue weighted by atomic mass is 16.5. The van der Waals surface area contributed by atoms with Crippen LogP contribution >= 0.6 is 0 Å². The molecule has 0 radical (unpaired) electrons. The maximum atomic E-state index is 10.6. The lowest BCUT2D eigenvalue weighted by Gasteiger charge is -2.34. The van der Waals surface area contributed by atoms with E-state index in [1.807, 2.05) is 12.1 Å². The summed E-state index contributed by atoms with van der Waals surface area (Å²) in [6.45, 7) is 3.98. The Kier molecular flexibility index (Phi) is 7.06.